The summed E-state index contributed by atoms with van der Waals surface area (Å²) in [5.41, 5.74) is 0. The zero-order valence-corrected chi connectivity index (χ0v) is 11.1. The highest BCUT2D eigenvalue weighted by Gasteiger charge is 2.05. The minimum atomic E-state index is 0.148. The Bertz CT molecular complexity index is 336. The van der Waals surface area contributed by atoms with E-state index in [1.54, 1.807) is 4.90 Å². The lowest BCUT2D eigenvalue weighted by atomic mass is 10.3. The Balaban J connectivity index is 2.27. The van der Waals surface area contributed by atoms with Crippen LogP contribution in [0.2, 0.25) is 0 Å². The summed E-state index contributed by atoms with van der Waals surface area (Å²) < 4.78 is 0. The number of amides is 1. The summed E-state index contributed by atoms with van der Waals surface area (Å²) in [6.07, 6.45) is 1.09. The smallest absolute Gasteiger partial charge is 0.236 e. The zero-order chi connectivity index (χ0) is 12.0. The summed E-state index contributed by atoms with van der Waals surface area (Å²) in [7, 11) is 1.82. The second-order valence-electron chi connectivity index (χ2n) is 3.73. The predicted molar refractivity (Wildman–Crippen MR) is 68.7 cm³/mol. The van der Waals surface area contributed by atoms with E-state index >= 15 is 0 Å². The molecule has 3 nitrogen and oxygen atoms in total. The maximum absolute atomic E-state index is 11.5. The number of rotatable bonds is 6. The predicted octanol–water partition coefficient (Wildman–Crippen LogP) is 1.88. The molecule has 1 heterocycles. The SMILES string of the molecule is CCc1ccc(CNCC(=O)N(C)CC)s1. The van der Waals surface area contributed by atoms with Gasteiger partial charge >= 0.3 is 0 Å². The van der Waals surface area contributed by atoms with Crippen LogP contribution in [-0.2, 0) is 17.8 Å². The second-order valence-corrected chi connectivity index (χ2v) is 4.99. The van der Waals surface area contributed by atoms with E-state index in [1.165, 1.54) is 9.75 Å². The Hall–Kier alpha value is -0.870. The Labute approximate surface area is 101 Å². The van der Waals surface area contributed by atoms with Gasteiger partial charge in [0.15, 0.2) is 0 Å². The zero-order valence-electron chi connectivity index (χ0n) is 10.2. The van der Waals surface area contributed by atoms with Crippen molar-refractivity contribution in [3.8, 4) is 0 Å². The van der Waals surface area contributed by atoms with E-state index in [1.807, 2.05) is 25.3 Å². The third-order valence-electron chi connectivity index (χ3n) is 2.54. The van der Waals surface area contributed by atoms with Crippen LogP contribution < -0.4 is 5.32 Å². The molecule has 0 aliphatic rings. The van der Waals surface area contributed by atoms with E-state index in [0.29, 0.717) is 6.54 Å². The molecule has 0 atom stereocenters. The van der Waals surface area contributed by atoms with Crippen molar-refractivity contribution in [3.63, 3.8) is 0 Å². The highest BCUT2D eigenvalue weighted by atomic mass is 32.1. The van der Waals surface area contributed by atoms with E-state index < -0.39 is 0 Å². The summed E-state index contributed by atoms with van der Waals surface area (Å²) in [6, 6.07) is 4.28. The average Bonchev–Trinajstić information content (AvgIpc) is 2.75. The molecule has 1 aromatic heterocycles. The molecule has 0 aliphatic carbocycles. The molecule has 0 radical (unpaired) electrons. The first-order chi connectivity index (χ1) is 7.67. The van der Waals surface area contributed by atoms with Crippen LogP contribution in [0.5, 0.6) is 0 Å². The molecule has 1 rings (SSSR count). The van der Waals surface area contributed by atoms with Crippen molar-refractivity contribution in [1.29, 1.82) is 0 Å². The van der Waals surface area contributed by atoms with Gasteiger partial charge in [0.05, 0.1) is 6.54 Å². The maximum Gasteiger partial charge on any atom is 0.236 e. The normalized spacial score (nSPS) is 10.4. The van der Waals surface area contributed by atoms with Gasteiger partial charge in [-0.3, -0.25) is 4.79 Å². The lowest BCUT2D eigenvalue weighted by Crippen LogP contribution is -2.34. The number of nitrogens with zero attached hydrogens (tertiary/aromatic N) is 1. The fourth-order valence-corrected chi connectivity index (χ4v) is 2.24. The number of hydrogen-bond acceptors (Lipinski definition) is 3. The van der Waals surface area contributed by atoms with Gasteiger partial charge in [-0.15, -0.1) is 11.3 Å². The number of aryl methyl sites for hydroxylation is 1. The van der Waals surface area contributed by atoms with Gasteiger partial charge in [-0.25, -0.2) is 0 Å². The quantitative estimate of drug-likeness (QED) is 0.823. The van der Waals surface area contributed by atoms with E-state index in [-0.39, 0.29) is 5.91 Å². The topological polar surface area (TPSA) is 32.3 Å². The number of hydrogen-bond donors (Lipinski definition) is 1. The van der Waals surface area contributed by atoms with Crippen molar-refractivity contribution in [3.05, 3.63) is 21.9 Å². The molecular formula is C12H20N2OS. The van der Waals surface area contributed by atoms with Gasteiger partial charge in [-0.2, -0.15) is 0 Å². The largest absolute Gasteiger partial charge is 0.345 e. The molecule has 1 N–H and O–H groups in total. The Morgan fingerprint density at radius 1 is 1.38 bits per heavy atom. The van der Waals surface area contributed by atoms with Crippen molar-refractivity contribution >= 4 is 17.2 Å². The molecule has 0 aliphatic heterocycles. The maximum atomic E-state index is 11.5. The van der Waals surface area contributed by atoms with Crippen molar-refractivity contribution in [2.45, 2.75) is 26.8 Å². The third kappa shape index (κ3) is 3.94. The molecule has 0 saturated heterocycles. The van der Waals surface area contributed by atoms with Crippen LogP contribution in [0, 0.1) is 0 Å². The van der Waals surface area contributed by atoms with Gasteiger partial charge < -0.3 is 10.2 Å². The van der Waals surface area contributed by atoms with Crippen molar-refractivity contribution in [2.75, 3.05) is 20.1 Å². The van der Waals surface area contributed by atoms with Gasteiger partial charge in [0, 0.05) is 29.9 Å². The third-order valence-corrected chi connectivity index (χ3v) is 3.77. The van der Waals surface area contributed by atoms with Gasteiger partial charge in [-0.1, -0.05) is 6.92 Å². The summed E-state index contributed by atoms with van der Waals surface area (Å²) in [5, 5.41) is 3.17. The molecule has 0 spiro atoms. The lowest BCUT2D eigenvalue weighted by molar-refractivity contribution is -0.128. The van der Waals surface area contributed by atoms with Crippen molar-refractivity contribution in [2.24, 2.45) is 0 Å². The average molecular weight is 240 g/mol. The van der Waals surface area contributed by atoms with E-state index in [2.05, 4.69) is 24.4 Å². The molecule has 16 heavy (non-hydrogen) atoms. The van der Waals surface area contributed by atoms with Crippen LogP contribution in [0.4, 0.5) is 0 Å². The minimum Gasteiger partial charge on any atom is -0.345 e. The van der Waals surface area contributed by atoms with Crippen LogP contribution >= 0.6 is 11.3 Å². The number of carbonyl (C=O) groups is 1. The van der Waals surface area contributed by atoms with Gasteiger partial charge in [0.25, 0.3) is 0 Å². The monoisotopic (exact) mass is 240 g/mol. The summed E-state index contributed by atoms with van der Waals surface area (Å²) in [5.74, 6) is 0.148. The summed E-state index contributed by atoms with van der Waals surface area (Å²) in [6.45, 7) is 6.10. The van der Waals surface area contributed by atoms with Crippen LogP contribution in [-0.4, -0.2) is 30.9 Å². The summed E-state index contributed by atoms with van der Waals surface area (Å²) in [4.78, 5) is 15.9. The number of thiophene rings is 1. The second kappa shape index (κ2) is 6.66. The van der Waals surface area contributed by atoms with E-state index in [0.717, 1.165) is 19.5 Å². The number of likely N-dealkylation sites (N-methyl/N-ethyl adjacent to an activating group) is 1. The van der Waals surface area contributed by atoms with Crippen LogP contribution in [0.15, 0.2) is 12.1 Å². The molecule has 0 aromatic carbocycles. The minimum absolute atomic E-state index is 0.148. The van der Waals surface area contributed by atoms with Gasteiger partial charge in [0.2, 0.25) is 5.91 Å². The Morgan fingerprint density at radius 3 is 2.62 bits per heavy atom. The first-order valence-electron chi connectivity index (χ1n) is 5.69. The number of nitrogens with one attached hydrogen (secondary N) is 1. The summed E-state index contributed by atoms with van der Waals surface area (Å²) >= 11 is 1.81. The van der Waals surface area contributed by atoms with Gasteiger partial charge in [0.1, 0.15) is 0 Å². The van der Waals surface area contributed by atoms with E-state index in [9.17, 15) is 4.79 Å². The van der Waals surface area contributed by atoms with Crippen molar-refractivity contribution in [1.82, 2.24) is 10.2 Å². The standard InChI is InChI=1S/C12H20N2OS/c1-4-10-6-7-11(16-10)8-13-9-12(15)14(3)5-2/h6-7,13H,4-5,8-9H2,1-3H3. The van der Waals surface area contributed by atoms with Crippen molar-refractivity contribution < 1.29 is 4.79 Å². The van der Waals surface area contributed by atoms with Gasteiger partial charge in [-0.05, 0) is 25.5 Å². The van der Waals surface area contributed by atoms with E-state index in [4.69, 9.17) is 0 Å². The fraction of sp³-hybridized carbons (Fsp3) is 0.583. The number of carbonyl (C=O) groups excluding carboxylic acids is 1. The fourth-order valence-electron chi connectivity index (χ4n) is 1.31. The first-order valence-corrected chi connectivity index (χ1v) is 6.51. The molecule has 1 aromatic rings. The highest BCUT2D eigenvalue weighted by Crippen LogP contribution is 2.16. The van der Waals surface area contributed by atoms with Crippen LogP contribution in [0.25, 0.3) is 0 Å². The molecule has 0 bridgehead atoms. The lowest BCUT2D eigenvalue weighted by Gasteiger charge is -2.14. The molecule has 4 heteroatoms. The molecule has 0 unspecified atom stereocenters. The van der Waals surface area contributed by atoms with Crippen LogP contribution in [0.1, 0.15) is 23.6 Å². The first kappa shape index (κ1) is 13.2. The Morgan fingerprint density at radius 2 is 2.06 bits per heavy atom. The molecule has 1 amide bonds. The highest BCUT2D eigenvalue weighted by molar-refractivity contribution is 7.11. The Kier molecular flexibility index (Phi) is 5.49. The molecule has 90 valence electrons. The molecule has 0 saturated carbocycles. The van der Waals surface area contributed by atoms with Crippen LogP contribution in [0.3, 0.4) is 0 Å². The molecule has 0 fully saturated rings. The molecular weight excluding hydrogens is 220 g/mol.